The fraction of sp³-hybridized carbons (Fsp3) is 0.700. The van der Waals surface area contributed by atoms with E-state index in [1.807, 2.05) is 0 Å². The lowest BCUT2D eigenvalue weighted by molar-refractivity contribution is -0.164. The van der Waals surface area contributed by atoms with Crippen LogP contribution in [0.3, 0.4) is 0 Å². The Hall–Kier alpha value is -1.08. The van der Waals surface area contributed by atoms with Gasteiger partial charge in [-0.15, -0.1) is 11.8 Å². The maximum Gasteiger partial charge on any atom is 0.328 e. The number of nitrogens with zero attached hydrogens (tertiary/aromatic N) is 1. The van der Waals surface area contributed by atoms with Crippen molar-refractivity contribution < 1.29 is 24.6 Å². The highest BCUT2D eigenvalue weighted by atomic mass is 32.2. The Kier molecular flexibility index (Phi) is 2.90. The summed E-state index contributed by atoms with van der Waals surface area (Å²) in [5.74, 6) is -1.81. The number of carboxylic acid groups (broad SMARTS) is 1. The van der Waals surface area contributed by atoms with Crippen LogP contribution in [0.5, 0.6) is 0 Å². The summed E-state index contributed by atoms with van der Waals surface area (Å²) < 4.78 is -1.10. The minimum atomic E-state index is -1.16. The number of rotatable bonds is 4. The number of aliphatic hydroxyl groups is 1. The average Bonchev–Trinajstić information content (AvgIpc) is 2.57. The topological polar surface area (TPSA) is 94.9 Å². The van der Waals surface area contributed by atoms with Gasteiger partial charge in [-0.1, -0.05) is 0 Å². The number of aliphatic carboxylic acids is 1. The normalized spacial score (nSPS) is 39.8. The van der Waals surface area contributed by atoms with Crippen molar-refractivity contribution in [1.29, 1.82) is 0 Å². The van der Waals surface area contributed by atoms with Crippen molar-refractivity contribution in [3.8, 4) is 0 Å². The van der Waals surface area contributed by atoms with Gasteiger partial charge in [-0.05, 0) is 13.3 Å². The highest BCUT2D eigenvalue weighted by molar-refractivity contribution is 8.02. The molecule has 2 N–H and O–H groups in total. The number of β-lactam (4-membered cyclic amide) rings is 1. The first kappa shape index (κ1) is 12.4. The van der Waals surface area contributed by atoms with E-state index < -0.39 is 16.8 Å². The first-order chi connectivity index (χ1) is 7.96. The maximum absolute atomic E-state index is 11.8. The summed E-state index contributed by atoms with van der Waals surface area (Å²) in [5, 5.41) is 17.7. The van der Waals surface area contributed by atoms with Crippen molar-refractivity contribution in [2.75, 3.05) is 6.61 Å². The molecule has 1 amide bonds. The summed E-state index contributed by atoms with van der Waals surface area (Å²) in [6.07, 6.45) is 0.909. The highest BCUT2D eigenvalue weighted by Crippen LogP contribution is 2.53. The van der Waals surface area contributed by atoms with E-state index in [-0.39, 0.29) is 23.8 Å². The second-order valence-electron chi connectivity index (χ2n) is 4.42. The molecule has 2 rings (SSSR count). The van der Waals surface area contributed by atoms with Gasteiger partial charge in [-0.3, -0.25) is 4.79 Å². The molecule has 0 radical (unpaired) electrons. The Morgan fingerprint density at radius 3 is 2.76 bits per heavy atom. The lowest BCUT2D eigenvalue weighted by atomic mass is 9.90. The van der Waals surface area contributed by atoms with Gasteiger partial charge in [0.15, 0.2) is 6.04 Å². The smallest absolute Gasteiger partial charge is 0.328 e. The van der Waals surface area contributed by atoms with Crippen LogP contribution in [0.15, 0.2) is 0 Å². The predicted molar refractivity (Wildman–Crippen MR) is 59.3 cm³/mol. The fourth-order valence-corrected chi connectivity index (χ4v) is 4.10. The van der Waals surface area contributed by atoms with Crippen molar-refractivity contribution in [3.05, 3.63) is 0 Å². The van der Waals surface area contributed by atoms with E-state index in [1.54, 1.807) is 0 Å². The van der Waals surface area contributed by atoms with E-state index in [0.29, 0.717) is 12.7 Å². The fourth-order valence-electron chi connectivity index (χ4n) is 2.43. The molecule has 0 saturated carbocycles. The summed E-state index contributed by atoms with van der Waals surface area (Å²) in [4.78, 5) is 35.2. The largest absolute Gasteiger partial charge is 0.480 e. The monoisotopic (exact) mass is 259 g/mol. The van der Waals surface area contributed by atoms with Gasteiger partial charge < -0.3 is 19.9 Å². The molecule has 2 aliphatic rings. The number of amides is 1. The lowest BCUT2D eigenvalue weighted by Crippen LogP contribution is -2.63. The van der Waals surface area contributed by atoms with Gasteiger partial charge in [0.05, 0.1) is 11.3 Å². The van der Waals surface area contributed by atoms with Crippen LogP contribution in [-0.4, -0.2) is 56.0 Å². The van der Waals surface area contributed by atoms with E-state index in [1.165, 1.54) is 23.6 Å². The standard InChI is InChI=1S/C10H13NO5S/c1-10(4-13)6(9(15)16)11-7(14)5(2-3-12)8(11)17-10/h4-6,8,12H,2-3H2,1H3,(H,15,16)/t5-,6?,8?,10?/m0/s1. The van der Waals surface area contributed by atoms with Gasteiger partial charge in [0, 0.05) is 6.61 Å². The maximum atomic E-state index is 11.8. The molecule has 0 aromatic rings. The summed E-state index contributed by atoms with van der Waals surface area (Å²) >= 11 is 1.20. The van der Waals surface area contributed by atoms with Gasteiger partial charge in [-0.2, -0.15) is 0 Å². The number of carbonyl (C=O) groups excluding carboxylic acids is 2. The van der Waals surface area contributed by atoms with Crippen LogP contribution in [0.1, 0.15) is 13.3 Å². The minimum Gasteiger partial charge on any atom is -0.480 e. The van der Waals surface area contributed by atoms with Gasteiger partial charge >= 0.3 is 5.97 Å². The third-order valence-electron chi connectivity index (χ3n) is 3.29. The third kappa shape index (κ3) is 1.56. The number of fused-ring (bicyclic) bond motifs is 1. The zero-order valence-corrected chi connectivity index (χ0v) is 10.0. The molecule has 0 aromatic heterocycles. The van der Waals surface area contributed by atoms with Crippen LogP contribution in [-0.2, 0) is 14.4 Å². The van der Waals surface area contributed by atoms with Gasteiger partial charge in [0.1, 0.15) is 11.0 Å². The Morgan fingerprint density at radius 2 is 2.29 bits per heavy atom. The van der Waals surface area contributed by atoms with Crippen molar-refractivity contribution >= 4 is 29.9 Å². The SMILES string of the molecule is CC1(C=O)SC2[C@@H](CCO)C(=O)N2C1C(=O)O. The molecule has 6 nitrogen and oxygen atoms in total. The Morgan fingerprint density at radius 1 is 1.65 bits per heavy atom. The van der Waals surface area contributed by atoms with Crippen LogP contribution in [0, 0.1) is 5.92 Å². The second-order valence-corrected chi connectivity index (χ2v) is 6.01. The molecule has 2 fully saturated rings. The van der Waals surface area contributed by atoms with Crippen molar-refractivity contribution in [1.82, 2.24) is 4.90 Å². The van der Waals surface area contributed by atoms with Crippen LogP contribution < -0.4 is 0 Å². The molecule has 2 aliphatic heterocycles. The van der Waals surface area contributed by atoms with Gasteiger partial charge in [0.25, 0.3) is 0 Å². The molecule has 17 heavy (non-hydrogen) atoms. The Balaban J connectivity index is 2.27. The van der Waals surface area contributed by atoms with E-state index in [9.17, 15) is 14.4 Å². The number of aliphatic hydroxyl groups excluding tert-OH is 1. The predicted octanol–water partition coefficient (Wildman–Crippen LogP) is -0.689. The number of thioether (sulfide) groups is 1. The summed E-state index contributed by atoms with van der Waals surface area (Å²) in [6, 6.07) is -1.10. The zero-order chi connectivity index (χ0) is 12.8. The van der Waals surface area contributed by atoms with E-state index in [2.05, 4.69) is 0 Å². The molecule has 2 heterocycles. The molecule has 0 bridgehead atoms. The number of hydrogen-bond acceptors (Lipinski definition) is 5. The molecule has 94 valence electrons. The van der Waals surface area contributed by atoms with E-state index >= 15 is 0 Å². The Bertz CT molecular complexity index is 387. The number of aldehydes is 1. The summed E-state index contributed by atoms with van der Waals surface area (Å²) in [5.41, 5.74) is 0. The molecule has 3 unspecified atom stereocenters. The quantitative estimate of drug-likeness (QED) is 0.512. The molecule has 0 spiro atoms. The average molecular weight is 259 g/mol. The lowest BCUT2D eigenvalue weighted by Gasteiger charge is -2.43. The molecule has 0 aliphatic carbocycles. The molecular formula is C10H13NO5S. The van der Waals surface area contributed by atoms with E-state index in [4.69, 9.17) is 10.2 Å². The summed E-state index contributed by atoms with van der Waals surface area (Å²) in [6.45, 7) is 1.42. The third-order valence-corrected chi connectivity index (χ3v) is 4.92. The highest BCUT2D eigenvalue weighted by Gasteiger charge is 2.64. The summed E-state index contributed by atoms with van der Waals surface area (Å²) in [7, 11) is 0. The van der Waals surface area contributed by atoms with Crippen LogP contribution in [0.4, 0.5) is 0 Å². The molecule has 0 aromatic carbocycles. The second kappa shape index (κ2) is 3.99. The first-order valence-electron chi connectivity index (χ1n) is 5.26. The number of hydrogen-bond donors (Lipinski definition) is 2. The van der Waals surface area contributed by atoms with Crippen LogP contribution >= 0.6 is 11.8 Å². The zero-order valence-electron chi connectivity index (χ0n) is 9.20. The van der Waals surface area contributed by atoms with Gasteiger partial charge in [-0.25, -0.2) is 4.79 Å². The molecule has 4 atom stereocenters. The van der Waals surface area contributed by atoms with Crippen molar-refractivity contribution in [3.63, 3.8) is 0 Å². The molecule has 7 heteroatoms. The van der Waals surface area contributed by atoms with Crippen molar-refractivity contribution in [2.45, 2.75) is 29.5 Å². The Labute approximate surface area is 102 Å². The first-order valence-corrected chi connectivity index (χ1v) is 6.14. The minimum absolute atomic E-state index is 0.114. The van der Waals surface area contributed by atoms with Crippen LogP contribution in [0.2, 0.25) is 0 Å². The van der Waals surface area contributed by atoms with Crippen LogP contribution in [0.25, 0.3) is 0 Å². The molecule has 2 saturated heterocycles. The number of carboxylic acids is 1. The molecular weight excluding hydrogens is 246 g/mol. The van der Waals surface area contributed by atoms with E-state index in [0.717, 1.165) is 0 Å². The van der Waals surface area contributed by atoms with Gasteiger partial charge in [0.2, 0.25) is 5.91 Å². The number of carbonyl (C=O) groups is 3. The van der Waals surface area contributed by atoms with Crippen molar-refractivity contribution in [2.24, 2.45) is 5.92 Å².